The Hall–Kier alpha value is -0.640. The van der Waals surface area contributed by atoms with Crippen molar-refractivity contribution in [3.63, 3.8) is 0 Å². The van der Waals surface area contributed by atoms with E-state index in [1.54, 1.807) is 6.07 Å². The molecule has 0 aliphatic heterocycles. The Balaban J connectivity index is 3.31. The van der Waals surface area contributed by atoms with Crippen LogP contribution in [0.25, 0.3) is 0 Å². The van der Waals surface area contributed by atoms with Gasteiger partial charge in [0.15, 0.2) is 0 Å². The first-order chi connectivity index (χ1) is 5.43. The zero-order valence-electron chi connectivity index (χ0n) is 6.31. The highest BCUT2D eigenvalue weighted by molar-refractivity contribution is 7.80. The maximum absolute atomic E-state index is 12.3. The van der Waals surface area contributed by atoms with Crippen molar-refractivity contribution in [3.05, 3.63) is 29.3 Å². The van der Waals surface area contributed by atoms with Crippen molar-refractivity contribution in [1.82, 2.24) is 0 Å². The molecule has 0 aromatic heterocycles. The second-order valence-corrected chi connectivity index (χ2v) is 2.95. The van der Waals surface area contributed by atoms with Gasteiger partial charge in [-0.2, -0.15) is 13.2 Å². The molecule has 0 saturated heterocycles. The van der Waals surface area contributed by atoms with E-state index in [1.807, 2.05) is 0 Å². The first-order valence-corrected chi connectivity index (χ1v) is 3.73. The Kier molecular flexibility index (Phi) is 2.37. The molecule has 0 saturated carbocycles. The van der Waals surface area contributed by atoms with Gasteiger partial charge in [-0.15, -0.1) is 12.6 Å². The van der Waals surface area contributed by atoms with Crippen LogP contribution in [0, 0.1) is 6.92 Å². The van der Waals surface area contributed by atoms with Crippen LogP contribution in [0.2, 0.25) is 0 Å². The lowest BCUT2D eigenvalue weighted by atomic mass is 10.1. The molecule has 0 fully saturated rings. The van der Waals surface area contributed by atoms with E-state index < -0.39 is 11.7 Å². The third-order valence-electron chi connectivity index (χ3n) is 1.53. The zero-order valence-corrected chi connectivity index (χ0v) is 7.21. The Labute approximate surface area is 73.8 Å². The molecule has 0 spiro atoms. The Morgan fingerprint density at radius 1 is 1.25 bits per heavy atom. The SMILES string of the molecule is Cc1cccc(S)c1C(F)(F)F. The Bertz CT molecular complexity index is 271. The summed E-state index contributed by atoms with van der Waals surface area (Å²) in [5.74, 6) is 0. The van der Waals surface area contributed by atoms with Crippen LogP contribution >= 0.6 is 12.6 Å². The van der Waals surface area contributed by atoms with E-state index in [4.69, 9.17) is 0 Å². The third kappa shape index (κ3) is 1.75. The summed E-state index contributed by atoms with van der Waals surface area (Å²) in [7, 11) is 0. The molecule has 0 bridgehead atoms. The van der Waals surface area contributed by atoms with E-state index in [1.165, 1.54) is 19.1 Å². The minimum Gasteiger partial charge on any atom is -0.166 e. The maximum Gasteiger partial charge on any atom is 0.417 e. The Morgan fingerprint density at radius 2 is 1.83 bits per heavy atom. The summed E-state index contributed by atoms with van der Waals surface area (Å²) in [6.45, 7) is 1.42. The molecule has 0 heterocycles. The number of alkyl halides is 3. The van der Waals surface area contributed by atoms with Crippen LogP contribution < -0.4 is 0 Å². The number of rotatable bonds is 0. The lowest BCUT2D eigenvalue weighted by molar-refractivity contribution is -0.140. The van der Waals surface area contributed by atoms with Crippen LogP contribution in [-0.4, -0.2) is 0 Å². The van der Waals surface area contributed by atoms with E-state index in [-0.39, 0.29) is 10.5 Å². The van der Waals surface area contributed by atoms with Crippen LogP contribution in [0.1, 0.15) is 11.1 Å². The molecule has 0 amide bonds. The van der Waals surface area contributed by atoms with E-state index >= 15 is 0 Å². The average molecular weight is 192 g/mol. The van der Waals surface area contributed by atoms with Gasteiger partial charge in [0.2, 0.25) is 0 Å². The number of benzene rings is 1. The molecule has 4 heteroatoms. The van der Waals surface area contributed by atoms with Gasteiger partial charge in [-0.05, 0) is 18.6 Å². The highest BCUT2D eigenvalue weighted by Crippen LogP contribution is 2.35. The fraction of sp³-hybridized carbons (Fsp3) is 0.250. The topological polar surface area (TPSA) is 0 Å². The van der Waals surface area contributed by atoms with Crippen molar-refractivity contribution < 1.29 is 13.2 Å². The molecule has 66 valence electrons. The molecule has 1 rings (SSSR count). The molecule has 0 atom stereocenters. The van der Waals surface area contributed by atoms with Gasteiger partial charge in [0.05, 0.1) is 5.56 Å². The number of hydrogen-bond donors (Lipinski definition) is 1. The molecule has 1 aromatic carbocycles. The largest absolute Gasteiger partial charge is 0.417 e. The molecule has 0 N–H and O–H groups in total. The van der Waals surface area contributed by atoms with Gasteiger partial charge in [-0.25, -0.2) is 0 Å². The lowest BCUT2D eigenvalue weighted by Gasteiger charge is -2.11. The van der Waals surface area contributed by atoms with Gasteiger partial charge in [-0.1, -0.05) is 12.1 Å². The van der Waals surface area contributed by atoms with Gasteiger partial charge in [-0.3, -0.25) is 0 Å². The summed E-state index contributed by atoms with van der Waals surface area (Å²) in [4.78, 5) is -0.0255. The summed E-state index contributed by atoms with van der Waals surface area (Å²) in [5.41, 5.74) is -0.441. The number of aryl methyl sites for hydroxylation is 1. The van der Waals surface area contributed by atoms with Crippen molar-refractivity contribution >= 4 is 12.6 Å². The summed E-state index contributed by atoms with van der Waals surface area (Å²) in [6.07, 6.45) is -4.30. The standard InChI is InChI=1S/C8H7F3S/c1-5-3-2-4-6(12)7(5)8(9,10)11/h2-4,12H,1H3. The van der Waals surface area contributed by atoms with E-state index in [0.717, 1.165) is 0 Å². The van der Waals surface area contributed by atoms with Crippen LogP contribution in [0.5, 0.6) is 0 Å². The van der Waals surface area contributed by atoms with Crippen molar-refractivity contribution in [2.24, 2.45) is 0 Å². The van der Waals surface area contributed by atoms with Gasteiger partial charge in [0.25, 0.3) is 0 Å². The Morgan fingerprint density at radius 3 is 2.17 bits per heavy atom. The van der Waals surface area contributed by atoms with E-state index in [9.17, 15) is 13.2 Å². The molecule has 0 aliphatic rings. The fourth-order valence-electron chi connectivity index (χ4n) is 1.02. The second kappa shape index (κ2) is 3.01. The smallest absolute Gasteiger partial charge is 0.166 e. The van der Waals surface area contributed by atoms with Gasteiger partial charge in [0, 0.05) is 4.90 Å². The fourth-order valence-corrected chi connectivity index (χ4v) is 1.41. The zero-order chi connectivity index (χ0) is 9.35. The van der Waals surface area contributed by atoms with Crippen LogP contribution in [-0.2, 0) is 6.18 Å². The second-order valence-electron chi connectivity index (χ2n) is 2.47. The molecule has 0 nitrogen and oxygen atoms in total. The van der Waals surface area contributed by atoms with Gasteiger partial charge >= 0.3 is 6.18 Å². The highest BCUT2D eigenvalue weighted by Gasteiger charge is 2.34. The monoisotopic (exact) mass is 192 g/mol. The van der Waals surface area contributed by atoms with E-state index in [0.29, 0.717) is 0 Å². The summed E-state index contributed by atoms with van der Waals surface area (Å²) >= 11 is 3.74. The number of hydrogen-bond acceptors (Lipinski definition) is 1. The van der Waals surface area contributed by atoms with Crippen molar-refractivity contribution in [3.8, 4) is 0 Å². The quantitative estimate of drug-likeness (QED) is 0.599. The molecule has 0 unspecified atom stereocenters. The van der Waals surface area contributed by atoms with Crippen molar-refractivity contribution in [1.29, 1.82) is 0 Å². The van der Waals surface area contributed by atoms with Crippen molar-refractivity contribution in [2.45, 2.75) is 18.0 Å². The first-order valence-electron chi connectivity index (χ1n) is 3.28. The molecular formula is C8H7F3S. The molecular weight excluding hydrogens is 185 g/mol. The summed E-state index contributed by atoms with van der Waals surface area (Å²) < 4.78 is 36.8. The molecule has 0 aliphatic carbocycles. The van der Waals surface area contributed by atoms with E-state index in [2.05, 4.69) is 12.6 Å². The van der Waals surface area contributed by atoms with Gasteiger partial charge in [0.1, 0.15) is 0 Å². The first kappa shape index (κ1) is 9.45. The molecule has 0 radical (unpaired) electrons. The van der Waals surface area contributed by atoms with Crippen LogP contribution in [0.15, 0.2) is 23.1 Å². The summed E-state index contributed by atoms with van der Waals surface area (Å²) in [5, 5.41) is 0. The molecule has 1 aromatic rings. The minimum atomic E-state index is -4.30. The van der Waals surface area contributed by atoms with Crippen molar-refractivity contribution in [2.75, 3.05) is 0 Å². The lowest BCUT2D eigenvalue weighted by Crippen LogP contribution is -2.08. The van der Waals surface area contributed by atoms with Gasteiger partial charge < -0.3 is 0 Å². The average Bonchev–Trinajstić information content (AvgIpc) is 1.82. The molecule has 12 heavy (non-hydrogen) atoms. The predicted octanol–water partition coefficient (Wildman–Crippen LogP) is 3.30. The number of thiol groups is 1. The summed E-state index contributed by atoms with van der Waals surface area (Å²) in [6, 6.07) is 4.30. The third-order valence-corrected chi connectivity index (χ3v) is 1.91. The normalized spacial score (nSPS) is 11.8. The predicted molar refractivity (Wildman–Crippen MR) is 43.4 cm³/mol. The van der Waals surface area contributed by atoms with Crippen LogP contribution in [0.4, 0.5) is 13.2 Å². The maximum atomic E-state index is 12.3. The highest BCUT2D eigenvalue weighted by atomic mass is 32.1. The minimum absolute atomic E-state index is 0.0255. The van der Waals surface area contributed by atoms with Crippen LogP contribution in [0.3, 0.4) is 0 Å². The number of halogens is 3.